The summed E-state index contributed by atoms with van der Waals surface area (Å²) < 4.78 is 31.7. The summed E-state index contributed by atoms with van der Waals surface area (Å²) in [6, 6.07) is 10.4. The average molecular weight is 361 g/mol. The van der Waals surface area contributed by atoms with Crippen LogP contribution in [0.2, 0.25) is 0 Å². The predicted octanol–water partition coefficient (Wildman–Crippen LogP) is 4.05. The van der Waals surface area contributed by atoms with Gasteiger partial charge < -0.3 is 9.73 Å². The summed E-state index contributed by atoms with van der Waals surface area (Å²) in [6.45, 7) is 1.97. The van der Waals surface area contributed by atoms with E-state index in [9.17, 15) is 13.6 Å². The van der Waals surface area contributed by atoms with Crippen molar-refractivity contribution in [3.8, 4) is 11.5 Å². The quantitative estimate of drug-likeness (QED) is 0.694. The highest BCUT2D eigenvalue weighted by atomic mass is 32.2. The summed E-state index contributed by atoms with van der Waals surface area (Å²) in [5.41, 5.74) is 1.95. The van der Waals surface area contributed by atoms with E-state index in [0.717, 1.165) is 41.1 Å². The van der Waals surface area contributed by atoms with Crippen molar-refractivity contribution in [3.05, 3.63) is 59.7 Å². The molecule has 1 heterocycles. The lowest BCUT2D eigenvalue weighted by Crippen LogP contribution is -2.14. The van der Waals surface area contributed by atoms with E-state index in [1.165, 1.54) is 0 Å². The molecule has 0 aliphatic carbocycles. The first-order valence-electron chi connectivity index (χ1n) is 7.29. The predicted molar refractivity (Wildman–Crippen MR) is 90.2 cm³/mol. The number of nitrogens with one attached hydrogen (secondary N) is 1. The van der Waals surface area contributed by atoms with Gasteiger partial charge in [-0.05, 0) is 31.2 Å². The minimum absolute atomic E-state index is 0.0341. The standard InChI is InChI=1S/C17H13F2N3O2S/c1-10-2-4-11(5-3-10)16-21-22-17(24-16)25-9-15(23)20-14-7-12(18)6-13(19)8-14/h2-8H,9H2,1H3,(H,20,23). The molecule has 25 heavy (non-hydrogen) atoms. The number of amides is 1. The van der Waals surface area contributed by atoms with Crippen LogP contribution in [-0.4, -0.2) is 21.9 Å². The van der Waals surface area contributed by atoms with Crippen LogP contribution in [0.4, 0.5) is 14.5 Å². The summed E-state index contributed by atoms with van der Waals surface area (Å²) in [4.78, 5) is 11.9. The lowest BCUT2D eigenvalue weighted by atomic mass is 10.1. The number of anilines is 1. The van der Waals surface area contributed by atoms with Crippen molar-refractivity contribution in [2.75, 3.05) is 11.1 Å². The van der Waals surface area contributed by atoms with Gasteiger partial charge in [0.05, 0.1) is 5.75 Å². The van der Waals surface area contributed by atoms with Crippen molar-refractivity contribution in [2.24, 2.45) is 0 Å². The number of hydrogen-bond donors (Lipinski definition) is 1. The van der Waals surface area contributed by atoms with Gasteiger partial charge >= 0.3 is 0 Å². The van der Waals surface area contributed by atoms with Gasteiger partial charge in [-0.2, -0.15) is 0 Å². The lowest BCUT2D eigenvalue weighted by Gasteiger charge is -2.04. The number of hydrogen-bond acceptors (Lipinski definition) is 5. The molecule has 3 rings (SSSR count). The molecule has 0 spiro atoms. The zero-order valence-electron chi connectivity index (χ0n) is 13.1. The van der Waals surface area contributed by atoms with Gasteiger partial charge in [-0.3, -0.25) is 4.79 Å². The number of aromatic nitrogens is 2. The second kappa shape index (κ2) is 7.43. The second-order valence-electron chi connectivity index (χ2n) is 5.23. The Morgan fingerprint density at radius 1 is 1.12 bits per heavy atom. The molecule has 8 heteroatoms. The minimum Gasteiger partial charge on any atom is -0.411 e. The highest BCUT2D eigenvalue weighted by molar-refractivity contribution is 7.99. The number of rotatable bonds is 5. The van der Waals surface area contributed by atoms with Gasteiger partial charge in [0.1, 0.15) is 11.6 Å². The minimum atomic E-state index is -0.761. The molecule has 1 aromatic heterocycles. The van der Waals surface area contributed by atoms with Crippen molar-refractivity contribution < 1.29 is 18.0 Å². The molecule has 2 aromatic carbocycles. The Balaban J connectivity index is 1.58. The summed E-state index contributed by atoms with van der Waals surface area (Å²) in [7, 11) is 0. The maximum atomic E-state index is 13.1. The van der Waals surface area contributed by atoms with Gasteiger partial charge in [0.25, 0.3) is 5.22 Å². The van der Waals surface area contributed by atoms with E-state index in [1.807, 2.05) is 31.2 Å². The Labute approximate surface area is 146 Å². The SMILES string of the molecule is Cc1ccc(-c2nnc(SCC(=O)Nc3cc(F)cc(F)c3)o2)cc1. The maximum Gasteiger partial charge on any atom is 0.277 e. The molecule has 0 saturated heterocycles. The zero-order valence-corrected chi connectivity index (χ0v) is 13.9. The van der Waals surface area contributed by atoms with E-state index >= 15 is 0 Å². The Hall–Kier alpha value is -2.74. The van der Waals surface area contributed by atoms with Crippen LogP contribution >= 0.6 is 11.8 Å². The van der Waals surface area contributed by atoms with E-state index in [4.69, 9.17) is 4.42 Å². The Kier molecular flexibility index (Phi) is 5.08. The molecule has 0 aliphatic rings. The fourth-order valence-corrected chi connectivity index (χ4v) is 2.59. The molecule has 5 nitrogen and oxygen atoms in total. The van der Waals surface area contributed by atoms with E-state index in [-0.39, 0.29) is 16.7 Å². The normalized spacial score (nSPS) is 10.7. The summed E-state index contributed by atoms with van der Waals surface area (Å²) in [5, 5.41) is 10.4. The fourth-order valence-electron chi connectivity index (χ4n) is 2.03. The van der Waals surface area contributed by atoms with E-state index in [1.54, 1.807) is 0 Å². The first-order chi connectivity index (χ1) is 12.0. The lowest BCUT2D eigenvalue weighted by molar-refractivity contribution is -0.113. The van der Waals surface area contributed by atoms with Crippen molar-refractivity contribution in [1.82, 2.24) is 10.2 Å². The summed E-state index contributed by atoms with van der Waals surface area (Å²) >= 11 is 1.04. The molecular formula is C17H13F2N3O2S. The summed E-state index contributed by atoms with van der Waals surface area (Å²) in [5.74, 6) is -1.64. The second-order valence-corrected chi connectivity index (χ2v) is 6.16. The first-order valence-corrected chi connectivity index (χ1v) is 8.27. The molecule has 128 valence electrons. The van der Waals surface area contributed by atoms with Crippen LogP contribution < -0.4 is 5.32 Å². The van der Waals surface area contributed by atoms with Crippen molar-refractivity contribution in [3.63, 3.8) is 0 Å². The van der Waals surface area contributed by atoms with Gasteiger partial charge in [-0.1, -0.05) is 29.5 Å². The molecule has 0 aliphatic heterocycles. The largest absolute Gasteiger partial charge is 0.411 e. The van der Waals surface area contributed by atoms with E-state index in [0.29, 0.717) is 5.89 Å². The number of nitrogens with zero attached hydrogens (tertiary/aromatic N) is 2. The van der Waals surface area contributed by atoms with Crippen molar-refractivity contribution in [1.29, 1.82) is 0 Å². The van der Waals surface area contributed by atoms with Crippen LogP contribution in [-0.2, 0) is 4.79 Å². The number of thioether (sulfide) groups is 1. The molecule has 0 fully saturated rings. The molecule has 1 amide bonds. The fraction of sp³-hybridized carbons (Fsp3) is 0.118. The molecule has 0 unspecified atom stereocenters. The van der Waals surface area contributed by atoms with Crippen LogP contribution in [0.1, 0.15) is 5.56 Å². The molecule has 3 aromatic rings. The van der Waals surface area contributed by atoms with Crippen LogP contribution in [0.3, 0.4) is 0 Å². The number of carbonyl (C=O) groups excluding carboxylic acids is 1. The highest BCUT2D eigenvalue weighted by Gasteiger charge is 2.12. The maximum absolute atomic E-state index is 13.1. The van der Waals surface area contributed by atoms with E-state index < -0.39 is 17.5 Å². The first kappa shape index (κ1) is 17.1. The van der Waals surface area contributed by atoms with E-state index in [2.05, 4.69) is 15.5 Å². The third-order valence-corrected chi connectivity index (χ3v) is 4.00. The van der Waals surface area contributed by atoms with Gasteiger partial charge in [-0.25, -0.2) is 8.78 Å². The van der Waals surface area contributed by atoms with Crippen LogP contribution in [0, 0.1) is 18.6 Å². The average Bonchev–Trinajstić information content (AvgIpc) is 3.01. The molecular weight excluding hydrogens is 348 g/mol. The molecule has 1 N–H and O–H groups in total. The van der Waals surface area contributed by atoms with Crippen LogP contribution in [0.15, 0.2) is 52.1 Å². The number of carbonyl (C=O) groups is 1. The van der Waals surface area contributed by atoms with Crippen LogP contribution in [0.5, 0.6) is 0 Å². The third kappa shape index (κ3) is 4.63. The highest BCUT2D eigenvalue weighted by Crippen LogP contribution is 2.23. The van der Waals surface area contributed by atoms with Gasteiger partial charge in [0.2, 0.25) is 11.8 Å². The van der Waals surface area contributed by atoms with Crippen molar-refractivity contribution >= 4 is 23.4 Å². The van der Waals surface area contributed by atoms with Gasteiger partial charge in [0.15, 0.2) is 0 Å². The molecule has 0 bridgehead atoms. The van der Waals surface area contributed by atoms with Crippen molar-refractivity contribution in [2.45, 2.75) is 12.1 Å². The third-order valence-electron chi connectivity index (χ3n) is 3.18. The Bertz CT molecular complexity index is 877. The molecule has 0 radical (unpaired) electrons. The Morgan fingerprint density at radius 3 is 2.48 bits per heavy atom. The number of halogens is 2. The molecule has 0 atom stereocenters. The number of aryl methyl sites for hydroxylation is 1. The summed E-state index contributed by atoms with van der Waals surface area (Å²) in [6.07, 6.45) is 0. The topological polar surface area (TPSA) is 68.0 Å². The van der Waals surface area contributed by atoms with Crippen LogP contribution in [0.25, 0.3) is 11.5 Å². The smallest absolute Gasteiger partial charge is 0.277 e. The Morgan fingerprint density at radius 2 is 1.80 bits per heavy atom. The van der Waals surface area contributed by atoms with Gasteiger partial charge in [0, 0.05) is 17.3 Å². The molecule has 0 saturated carbocycles. The number of benzene rings is 2. The monoisotopic (exact) mass is 361 g/mol. The van der Waals surface area contributed by atoms with Gasteiger partial charge in [-0.15, -0.1) is 10.2 Å². The zero-order chi connectivity index (χ0) is 17.8.